The van der Waals surface area contributed by atoms with Crippen LogP contribution in [0.3, 0.4) is 0 Å². The van der Waals surface area contributed by atoms with Crippen molar-refractivity contribution in [2.75, 3.05) is 23.3 Å². The van der Waals surface area contributed by atoms with Crippen molar-refractivity contribution in [1.82, 2.24) is 5.32 Å². The summed E-state index contributed by atoms with van der Waals surface area (Å²) in [7, 11) is 0. The second-order valence-electron chi connectivity index (χ2n) is 9.06. The number of urea groups is 1. The summed E-state index contributed by atoms with van der Waals surface area (Å²) < 4.78 is 19.9. The van der Waals surface area contributed by atoms with Crippen molar-refractivity contribution in [2.45, 2.75) is 27.2 Å². The number of amides is 3. The number of para-hydroxylation sites is 2. The van der Waals surface area contributed by atoms with Gasteiger partial charge in [0.2, 0.25) is 5.91 Å². The minimum atomic E-state index is -0.527. The number of anilines is 2. The summed E-state index contributed by atoms with van der Waals surface area (Å²) in [6, 6.07) is 21.8. The average Bonchev–Trinajstić information content (AvgIpc) is 2.78. The van der Waals surface area contributed by atoms with Gasteiger partial charge in [-0.3, -0.25) is 9.69 Å². The molecule has 3 amide bonds. The summed E-state index contributed by atoms with van der Waals surface area (Å²) in [5.74, 6) is 0.698. The van der Waals surface area contributed by atoms with Crippen molar-refractivity contribution in [3.05, 3.63) is 84.7 Å². The van der Waals surface area contributed by atoms with E-state index < -0.39 is 11.8 Å². The van der Waals surface area contributed by atoms with Gasteiger partial charge in [0, 0.05) is 25.2 Å². The molecular formula is C27H30FN3O3. The number of carbonyl (C=O) groups is 2. The summed E-state index contributed by atoms with van der Waals surface area (Å²) in [6.07, 6.45) is 0.375. The zero-order valence-corrected chi connectivity index (χ0v) is 19.7. The van der Waals surface area contributed by atoms with Crippen LogP contribution in [-0.2, 0) is 4.79 Å². The molecule has 3 rings (SSSR count). The standard InChI is InChI=1S/C27H30FN3O3/c1-27(2,3)19-25(32)29-17-18-31(26(33)30-24-12-8-7-11-23(24)28)20-13-15-22(16-14-20)34-21-9-5-4-6-10-21/h4-16H,17-19H2,1-3H3,(H,29,32)(H,30,33). The van der Waals surface area contributed by atoms with Crippen molar-refractivity contribution in [2.24, 2.45) is 5.41 Å². The smallest absolute Gasteiger partial charge is 0.326 e. The highest BCUT2D eigenvalue weighted by Crippen LogP contribution is 2.25. The van der Waals surface area contributed by atoms with Crippen LogP contribution >= 0.6 is 0 Å². The number of rotatable bonds is 8. The quantitative estimate of drug-likeness (QED) is 0.417. The fourth-order valence-electron chi connectivity index (χ4n) is 3.26. The van der Waals surface area contributed by atoms with Crippen LogP contribution in [0.1, 0.15) is 27.2 Å². The Bertz CT molecular complexity index is 1100. The van der Waals surface area contributed by atoms with Crippen LogP contribution in [-0.4, -0.2) is 25.0 Å². The zero-order valence-electron chi connectivity index (χ0n) is 19.7. The number of benzene rings is 3. The molecule has 0 saturated heterocycles. The molecule has 0 aliphatic carbocycles. The molecule has 34 heavy (non-hydrogen) atoms. The van der Waals surface area contributed by atoms with E-state index in [1.165, 1.54) is 17.0 Å². The molecule has 0 spiro atoms. The monoisotopic (exact) mass is 463 g/mol. The normalized spacial score (nSPS) is 10.9. The van der Waals surface area contributed by atoms with E-state index in [2.05, 4.69) is 10.6 Å². The van der Waals surface area contributed by atoms with Crippen LogP contribution in [0, 0.1) is 11.2 Å². The zero-order chi connectivity index (χ0) is 24.6. The number of ether oxygens (including phenoxy) is 1. The predicted molar refractivity (Wildman–Crippen MR) is 133 cm³/mol. The molecular weight excluding hydrogens is 433 g/mol. The second-order valence-corrected chi connectivity index (χ2v) is 9.06. The van der Waals surface area contributed by atoms with Gasteiger partial charge in [-0.1, -0.05) is 51.1 Å². The molecule has 3 aromatic rings. The first-order valence-corrected chi connectivity index (χ1v) is 11.1. The van der Waals surface area contributed by atoms with Gasteiger partial charge in [0.15, 0.2) is 0 Å². The lowest BCUT2D eigenvalue weighted by molar-refractivity contribution is -0.122. The van der Waals surface area contributed by atoms with Crippen molar-refractivity contribution < 1.29 is 18.7 Å². The first-order chi connectivity index (χ1) is 16.2. The molecule has 3 aromatic carbocycles. The van der Waals surface area contributed by atoms with Gasteiger partial charge in [0.05, 0.1) is 5.69 Å². The Labute approximate surface area is 199 Å². The van der Waals surface area contributed by atoms with Gasteiger partial charge in [-0.2, -0.15) is 0 Å². The molecule has 0 aliphatic heterocycles. The van der Waals surface area contributed by atoms with Gasteiger partial charge in [0.1, 0.15) is 17.3 Å². The molecule has 6 nitrogen and oxygen atoms in total. The molecule has 0 saturated carbocycles. The molecule has 0 bridgehead atoms. The first-order valence-electron chi connectivity index (χ1n) is 11.1. The fraction of sp³-hybridized carbons (Fsp3) is 0.259. The van der Waals surface area contributed by atoms with Crippen molar-refractivity contribution in [3.63, 3.8) is 0 Å². The van der Waals surface area contributed by atoms with Gasteiger partial charge in [-0.05, 0) is 53.9 Å². The van der Waals surface area contributed by atoms with Crippen molar-refractivity contribution in [3.8, 4) is 11.5 Å². The van der Waals surface area contributed by atoms with Crippen LogP contribution < -0.4 is 20.3 Å². The third-order valence-corrected chi connectivity index (χ3v) is 4.84. The maximum atomic E-state index is 14.1. The van der Waals surface area contributed by atoms with Crippen LogP contribution in [0.25, 0.3) is 0 Å². The van der Waals surface area contributed by atoms with Gasteiger partial charge in [-0.25, -0.2) is 9.18 Å². The average molecular weight is 464 g/mol. The summed E-state index contributed by atoms with van der Waals surface area (Å²) in [6.45, 7) is 6.41. The molecule has 7 heteroatoms. The Morgan fingerprint density at radius 1 is 0.882 bits per heavy atom. The number of halogens is 1. The summed E-state index contributed by atoms with van der Waals surface area (Å²) >= 11 is 0. The maximum absolute atomic E-state index is 14.1. The minimum absolute atomic E-state index is 0.0818. The lowest BCUT2D eigenvalue weighted by Crippen LogP contribution is -2.41. The summed E-state index contributed by atoms with van der Waals surface area (Å²) in [4.78, 5) is 26.7. The Kier molecular flexibility index (Phi) is 8.24. The molecule has 0 heterocycles. The highest BCUT2D eigenvalue weighted by molar-refractivity contribution is 6.01. The van der Waals surface area contributed by atoms with Crippen LogP contribution in [0.2, 0.25) is 0 Å². The largest absolute Gasteiger partial charge is 0.457 e. The number of nitrogens with one attached hydrogen (secondary N) is 2. The SMILES string of the molecule is CC(C)(C)CC(=O)NCCN(C(=O)Nc1ccccc1F)c1ccc(Oc2ccccc2)cc1. The van der Waals surface area contributed by atoms with E-state index in [4.69, 9.17) is 4.74 Å². The first kappa shape index (κ1) is 24.8. The van der Waals surface area contributed by atoms with E-state index in [0.29, 0.717) is 23.6 Å². The van der Waals surface area contributed by atoms with E-state index in [1.54, 1.807) is 36.4 Å². The Balaban J connectivity index is 1.73. The number of nitrogens with zero attached hydrogens (tertiary/aromatic N) is 1. The molecule has 0 atom stereocenters. The van der Waals surface area contributed by atoms with Gasteiger partial charge >= 0.3 is 6.03 Å². The topological polar surface area (TPSA) is 70.7 Å². The number of hydrogen-bond donors (Lipinski definition) is 2. The summed E-state index contributed by atoms with van der Waals surface area (Å²) in [5.41, 5.74) is 0.526. The van der Waals surface area contributed by atoms with Crippen LogP contribution in [0.5, 0.6) is 11.5 Å². The fourth-order valence-corrected chi connectivity index (χ4v) is 3.26. The van der Waals surface area contributed by atoms with Crippen LogP contribution in [0.15, 0.2) is 78.9 Å². The number of hydrogen-bond acceptors (Lipinski definition) is 3. The Morgan fingerprint density at radius 2 is 1.50 bits per heavy atom. The molecule has 0 aliphatic rings. The van der Waals surface area contributed by atoms with Gasteiger partial charge in [-0.15, -0.1) is 0 Å². The van der Waals surface area contributed by atoms with E-state index in [0.717, 1.165) is 0 Å². The van der Waals surface area contributed by atoms with E-state index >= 15 is 0 Å². The summed E-state index contributed by atoms with van der Waals surface area (Å²) in [5, 5.41) is 5.46. The van der Waals surface area contributed by atoms with E-state index in [1.807, 2.05) is 51.1 Å². The molecule has 0 radical (unpaired) electrons. The molecule has 178 valence electrons. The lowest BCUT2D eigenvalue weighted by Gasteiger charge is -2.24. The molecule has 0 fully saturated rings. The molecule has 2 N–H and O–H groups in total. The van der Waals surface area contributed by atoms with Crippen LogP contribution in [0.4, 0.5) is 20.6 Å². The molecule has 0 unspecified atom stereocenters. The highest BCUT2D eigenvalue weighted by Gasteiger charge is 2.19. The highest BCUT2D eigenvalue weighted by atomic mass is 19.1. The van der Waals surface area contributed by atoms with Crippen molar-refractivity contribution >= 4 is 23.3 Å². The van der Waals surface area contributed by atoms with Crippen molar-refractivity contribution in [1.29, 1.82) is 0 Å². The van der Waals surface area contributed by atoms with Gasteiger partial charge in [0.25, 0.3) is 0 Å². The second kappa shape index (κ2) is 11.3. The predicted octanol–water partition coefficient (Wildman–Crippen LogP) is 6.21. The maximum Gasteiger partial charge on any atom is 0.326 e. The Morgan fingerprint density at radius 3 is 2.15 bits per heavy atom. The lowest BCUT2D eigenvalue weighted by atomic mass is 9.92. The minimum Gasteiger partial charge on any atom is -0.457 e. The Hall–Kier alpha value is -3.87. The number of carbonyl (C=O) groups excluding carboxylic acids is 2. The molecule has 0 aromatic heterocycles. The van der Waals surface area contributed by atoms with Gasteiger partial charge < -0.3 is 15.4 Å². The third-order valence-electron chi connectivity index (χ3n) is 4.84. The third kappa shape index (κ3) is 7.62. The van der Waals surface area contributed by atoms with E-state index in [-0.39, 0.29) is 30.1 Å². The van der Waals surface area contributed by atoms with E-state index in [9.17, 15) is 14.0 Å².